The van der Waals surface area contributed by atoms with E-state index >= 15 is 0 Å². The number of thiazole rings is 1. The van der Waals surface area contributed by atoms with Gasteiger partial charge in [-0.25, -0.2) is 9.37 Å². The first-order valence-electron chi connectivity index (χ1n) is 7.79. The third kappa shape index (κ3) is 2.97. The van der Waals surface area contributed by atoms with Crippen LogP contribution in [0.1, 0.15) is 28.3 Å². The van der Waals surface area contributed by atoms with Crippen molar-refractivity contribution < 1.29 is 4.39 Å². The Labute approximate surface area is 164 Å². The predicted molar refractivity (Wildman–Crippen MR) is 104 cm³/mol. The summed E-state index contributed by atoms with van der Waals surface area (Å²) in [5.74, 6) is -0.325. The van der Waals surface area contributed by atoms with Crippen molar-refractivity contribution in [3.8, 4) is 11.3 Å². The predicted octanol–water partition coefficient (Wildman–Crippen LogP) is 7.30. The molecule has 0 amide bonds. The highest BCUT2D eigenvalue weighted by atomic mass is 35.5. The topological polar surface area (TPSA) is 12.9 Å². The quantitative estimate of drug-likeness (QED) is 0.440. The summed E-state index contributed by atoms with van der Waals surface area (Å²) in [6.45, 7) is 2.03. The number of rotatable bonds is 3. The van der Waals surface area contributed by atoms with E-state index in [-0.39, 0.29) is 11.2 Å². The molecule has 6 heteroatoms. The maximum absolute atomic E-state index is 13.4. The van der Waals surface area contributed by atoms with Gasteiger partial charge < -0.3 is 0 Å². The standard InChI is InChI=1S/C19H13Cl3FNS/c1-10-17(13-4-2-11(20)8-15(13)21)24-18(25-10)19(6-7-19)14-5-3-12(23)9-16(14)22/h2-5,8-9H,6-7H2,1H3. The van der Waals surface area contributed by atoms with Gasteiger partial charge >= 0.3 is 0 Å². The van der Waals surface area contributed by atoms with Crippen LogP contribution in [0.5, 0.6) is 0 Å². The maximum atomic E-state index is 13.4. The molecule has 0 spiro atoms. The smallest absolute Gasteiger partial charge is 0.124 e. The van der Waals surface area contributed by atoms with Crippen LogP contribution in [0, 0.1) is 12.7 Å². The lowest BCUT2D eigenvalue weighted by atomic mass is 9.96. The lowest BCUT2D eigenvalue weighted by Gasteiger charge is -2.14. The molecule has 0 unspecified atom stereocenters. The molecule has 3 aromatic rings. The summed E-state index contributed by atoms with van der Waals surface area (Å²) in [6, 6.07) is 10.0. The Morgan fingerprint density at radius 2 is 1.80 bits per heavy atom. The van der Waals surface area contributed by atoms with Gasteiger partial charge in [0.05, 0.1) is 10.7 Å². The molecular formula is C19H13Cl3FNS. The summed E-state index contributed by atoms with van der Waals surface area (Å²) in [6.07, 6.45) is 1.91. The van der Waals surface area contributed by atoms with Crippen LogP contribution in [-0.2, 0) is 5.41 Å². The fourth-order valence-corrected chi connectivity index (χ4v) is 5.17. The van der Waals surface area contributed by atoms with Crippen LogP contribution < -0.4 is 0 Å². The summed E-state index contributed by atoms with van der Waals surface area (Å²) in [4.78, 5) is 5.97. The average Bonchev–Trinajstić information content (AvgIpc) is 3.25. The zero-order valence-corrected chi connectivity index (χ0v) is 16.3. The molecule has 1 fully saturated rings. The number of benzene rings is 2. The van der Waals surface area contributed by atoms with Gasteiger partial charge in [-0.15, -0.1) is 11.3 Å². The molecule has 1 aromatic heterocycles. The molecule has 0 bridgehead atoms. The molecule has 0 atom stereocenters. The molecule has 0 aliphatic heterocycles. The average molecular weight is 413 g/mol. The van der Waals surface area contributed by atoms with Gasteiger partial charge in [-0.05, 0) is 55.7 Å². The van der Waals surface area contributed by atoms with E-state index in [9.17, 15) is 4.39 Å². The van der Waals surface area contributed by atoms with E-state index in [0.717, 1.165) is 39.5 Å². The van der Waals surface area contributed by atoms with E-state index in [4.69, 9.17) is 39.8 Å². The monoisotopic (exact) mass is 411 g/mol. The lowest BCUT2D eigenvalue weighted by Crippen LogP contribution is -2.09. The van der Waals surface area contributed by atoms with Crippen LogP contribution >= 0.6 is 46.1 Å². The van der Waals surface area contributed by atoms with E-state index in [0.29, 0.717) is 15.1 Å². The van der Waals surface area contributed by atoms with E-state index in [2.05, 4.69) is 0 Å². The molecule has 0 N–H and O–H groups in total. The van der Waals surface area contributed by atoms with Gasteiger partial charge in [-0.3, -0.25) is 0 Å². The SMILES string of the molecule is Cc1sc(C2(c3ccc(F)cc3Cl)CC2)nc1-c1ccc(Cl)cc1Cl. The van der Waals surface area contributed by atoms with Crippen LogP contribution in [0.25, 0.3) is 11.3 Å². The Morgan fingerprint density at radius 1 is 1.04 bits per heavy atom. The van der Waals surface area contributed by atoms with Crippen molar-refractivity contribution in [3.63, 3.8) is 0 Å². The Morgan fingerprint density at radius 3 is 2.44 bits per heavy atom. The van der Waals surface area contributed by atoms with Crippen molar-refractivity contribution in [2.45, 2.75) is 25.2 Å². The van der Waals surface area contributed by atoms with E-state index in [1.165, 1.54) is 12.1 Å². The number of hydrogen-bond donors (Lipinski definition) is 0. The molecule has 1 aliphatic rings. The van der Waals surface area contributed by atoms with Crippen molar-refractivity contribution in [1.82, 2.24) is 4.98 Å². The first-order valence-corrected chi connectivity index (χ1v) is 9.74. The summed E-state index contributed by atoms with van der Waals surface area (Å²) in [7, 11) is 0. The fourth-order valence-electron chi connectivity index (χ4n) is 3.13. The maximum Gasteiger partial charge on any atom is 0.124 e. The molecular weight excluding hydrogens is 400 g/mol. The molecule has 128 valence electrons. The highest BCUT2D eigenvalue weighted by Crippen LogP contribution is 2.57. The highest BCUT2D eigenvalue weighted by Gasteiger charge is 2.50. The largest absolute Gasteiger partial charge is 0.240 e. The van der Waals surface area contributed by atoms with Crippen molar-refractivity contribution in [1.29, 1.82) is 0 Å². The molecule has 25 heavy (non-hydrogen) atoms. The van der Waals surface area contributed by atoms with Gasteiger partial charge in [0.2, 0.25) is 0 Å². The molecule has 4 rings (SSSR count). The van der Waals surface area contributed by atoms with Crippen LogP contribution in [0.3, 0.4) is 0 Å². The second-order valence-corrected chi connectivity index (χ2v) is 8.71. The zero-order valence-electron chi connectivity index (χ0n) is 13.2. The van der Waals surface area contributed by atoms with Crippen molar-refractivity contribution in [3.05, 3.63) is 72.7 Å². The molecule has 2 aromatic carbocycles. The van der Waals surface area contributed by atoms with Crippen molar-refractivity contribution >= 4 is 46.1 Å². The number of nitrogens with zero attached hydrogens (tertiary/aromatic N) is 1. The van der Waals surface area contributed by atoms with Gasteiger partial charge in [-0.2, -0.15) is 0 Å². The Bertz CT molecular complexity index is 979. The zero-order chi connectivity index (χ0) is 17.8. The number of hydrogen-bond acceptors (Lipinski definition) is 2. The fraction of sp³-hybridized carbons (Fsp3) is 0.211. The van der Waals surface area contributed by atoms with E-state index in [1.807, 2.05) is 19.1 Å². The molecule has 0 saturated heterocycles. The number of halogens is 4. The van der Waals surface area contributed by atoms with Gasteiger partial charge in [0.15, 0.2) is 0 Å². The minimum atomic E-state index is -0.325. The summed E-state index contributed by atoms with van der Waals surface area (Å²) in [5, 5.41) is 2.63. The lowest BCUT2D eigenvalue weighted by molar-refractivity contribution is 0.626. The number of aromatic nitrogens is 1. The van der Waals surface area contributed by atoms with E-state index < -0.39 is 0 Å². The molecule has 1 nitrogen and oxygen atoms in total. The first kappa shape index (κ1) is 17.3. The first-order chi connectivity index (χ1) is 11.9. The van der Waals surface area contributed by atoms with Crippen LogP contribution in [0.2, 0.25) is 15.1 Å². The van der Waals surface area contributed by atoms with Gasteiger partial charge in [0, 0.05) is 25.9 Å². The van der Waals surface area contributed by atoms with Crippen LogP contribution in [0.15, 0.2) is 36.4 Å². The van der Waals surface area contributed by atoms with Gasteiger partial charge in [-0.1, -0.05) is 40.9 Å². The van der Waals surface area contributed by atoms with Gasteiger partial charge in [0.1, 0.15) is 10.8 Å². The number of aryl methyl sites for hydroxylation is 1. The summed E-state index contributed by atoms with van der Waals surface area (Å²) >= 11 is 20.3. The van der Waals surface area contributed by atoms with Gasteiger partial charge in [0.25, 0.3) is 0 Å². The molecule has 1 heterocycles. The summed E-state index contributed by atoms with van der Waals surface area (Å²) in [5.41, 5.74) is 2.47. The third-order valence-electron chi connectivity index (χ3n) is 4.59. The Hall–Kier alpha value is -1.13. The van der Waals surface area contributed by atoms with Crippen LogP contribution in [-0.4, -0.2) is 4.98 Å². The highest BCUT2D eigenvalue weighted by molar-refractivity contribution is 7.12. The molecule has 1 aliphatic carbocycles. The second-order valence-electron chi connectivity index (χ2n) is 6.25. The molecule has 1 saturated carbocycles. The van der Waals surface area contributed by atoms with Crippen molar-refractivity contribution in [2.75, 3.05) is 0 Å². The third-order valence-corrected chi connectivity index (χ3v) is 6.62. The Balaban J connectivity index is 1.80. The minimum absolute atomic E-state index is 0.211. The summed E-state index contributed by atoms with van der Waals surface area (Å²) < 4.78 is 13.4. The Kier molecular flexibility index (Phi) is 4.32. The molecule has 0 radical (unpaired) electrons. The van der Waals surface area contributed by atoms with E-state index in [1.54, 1.807) is 23.5 Å². The van der Waals surface area contributed by atoms with Crippen molar-refractivity contribution in [2.24, 2.45) is 0 Å². The second kappa shape index (κ2) is 6.24. The minimum Gasteiger partial charge on any atom is -0.240 e. The van der Waals surface area contributed by atoms with Crippen LogP contribution in [0.4, 0.5) is 4.39 Å². The normalized spacial score (nSPS) is 15.4.